The summed E-state index contributed by atoms with van der Waals surface area (Å²) >= 11 is 1.47. The zero-order chi connectivity index (χ0) is 21.4. The number of aromatic amines is 1. The SMILES string of the molecule is Cc1nc(C(=O)N2CCCCC2Cc2nc3ccccc3[nH]2)c(-c2ccc(F)cc2)s1. The van der Waals surface area contributed by atoms with Crippen molar-refractivity contribution in [3.63, 3.8) is 0 Å². The Morgan fingerprint density at radius 2 is 1.97 bits per heavy atom. The number of imidazole rings is 1. The molecule has 158 valence electrons. The lowest BCUT2D eigenvalue weighted by molar-refractivity contribution is 0.0607. The van der Waals surface area contributed by atoms with Gasteiger partial charge in [0.1, 0.15) is 17.3 Å². The maximum atomic E-state index is 13.6. The van der Waals surface area contributed by atoms with Crippen molar-refractivity contribution < 1.29 is 9.18 Å². The number of hydrogen-bond acceptors (Lipinski definition) is 4. The van der Waals surface area contributed by atoms with Crippen molar-refractivity contribution in [2.24, 2.45) is 0 Å². The lowest BCUT2D eigenvalue weighted by Crippen LogP contribution is -2.45. The van der Waals surface area contributed by atoms with E-state index >= 15 is 0 Å². The van der Waals surface area contributed by atoms with E-state index in [0.29, 0.717) is 18.7 Å². The van der Waals surface area contributed by atoms with E-state index in [0.717, 1.165) is 51.6 Å². The molecular weight excluding hydrogens is 411 g/mol. The molecule has 31 heavy (non-hydrogen) atoms. The minimum absolute atomic E-state index is 0.0514. The molecule has 1 aliphatic rings. The van der Waals surface area contributed by atoms with Crippen molar-refractivity contribution in [1.29, 1.82) is 0 Å². The van der Waals surface area contributed by atoms with Gasteiger partial charge in [-0.2, -0.15) is 0 Å². The largest absolute Gasteiger partial charge is 0.342 e. The van der Waals surface area contributed by atoms with E-state index in [1.165, 1.54) is 23.5 Å². The predicted octanol–water partition coefficient (Wildman–Crippen LogP) is 5.37. The highest BCUT2D eigenvalue weighted by molar-refractivity contribution is 7.15. The second kappa shape index (κ2) is 8.23. The molecule has 4 aromatic rings. The van der Waals surface area contributed by atoms with Crippen LogP contribution in [0.1, 0.15) is 40.6 Å². The number of piperidine rings is 1. The quantitative estimate of drug-likeness (QED) is 0.470. The standard InChI is InChI=1S/C24H23FN4OS/c1-15-26-22(23(31-15)16-9-11-17(25)12-10-16)24(30)29-13-5-4-6-18(29)14-21-27-19-7-2-3-8-20(19)28-21/h2-3,7-12,18H,4-6,13-14H2,1H3,(H,27,28). The average Bonchev–Trinajstić information content (AvgIpc) is 3.37. The molecule has 5 nitrogen and oxygen atoms in total. The van der Waals surface area contributed by atoms with Crippen molar-refractivity contribution in [3.8, 4) is 10.4 Å². The van der Waals surface area contributed by atoms with Gasteiger partial charge in [0.15, 0.2) is 0 Å². The van der Waals surface area contributed by atoms with Gasteiger partial charge in [0.05, 0.1) is 20.9 Å². The van der Waals surface area contributed by atoms with Gasteiger partial charge < -0.3 is 9.88 Å². The minimum Gasteiger partial charge on any atom is -0.342 e. The Kier molecular flexibility index (Phi) is 5.28. The van der Waals surface area contributed by atoms with Crippen molar-refractivity contribution in [2.75, 3.05) is 6.54 Å². The van der Waals surface area contributed by atoms with Crippen LogP contribution in [0.5, 0.6) is 0 Å². The Balaban J connectivity index is 1.44. The van der Waals surface area contributed by atoms with E-state index in [-0.39, 0.29) is 17.8 Å². The van der Waals surface area contributed by atoms with E-state index < -0.39 is 0 Å². The maximum Gasteiger partial charge on any atom is 0.274 e. The van der Waals surface area contributed by atoms with Gasteiger partial charge in [0.25, 0.3) is 5.91 Å². The lowest BCUT2D eigenvalue weighted by Gasteiger charge is -2.35. The van der Waals surface area contributed by atoms with Gasteiger partial charge in [0.2, 0.25) is 0 Å². The van der Waals surface area contributed by atoms with Crippen LogP contribution in [-0.2, 0) is 6.42 Å². The van der Waals surface area contributed by atoms with Gasteiger partial charge in [-0.25, -0.2) is 14.4 Å². The molecule has 3 heterocycles. The highest BCUT2D eigenvalue weighted by Crippen LogP contribution is 2.33. The third-order valence-electron chi connectivity index (χ3n) is 5.80. The summed E-state index contributed by atoms with van der Waals surface area (Å²) in [5, 5.41) is 0.827. The second-order valence-corrected chi connectivity index (χ2v) is 9.17. The van der Waals surface area contributed by atoms with E-state index in [4.69, 9.17) is 4.98 Å². The molecule has 2 aromatic heterocycles. The number of para-hydroxylation sites is 2. The van der Waals surface area contributed by atoms with Crippen molar-refractivity contribution in [2.45, 2.75) is 38.6 Å². The maximum absolute atomic E-state index is 13.6. The fourth-order valence-corrected chi connectivity index (χ4v) is 5.23. The molecule has 7 heteroatoms. The van der Waals surface area contributed by atoms with Gasteiger partial charge >= 0.3 is 0 Å². The van der Waals surface area contributed by atoms with E-state index in [2.05, 4.69) is 9.97 Å². The molecule has 5 rings (SSSR count). The van der Waals surface area contributed by atoms with Crippen LogP contribution >= 0.6 is 11.3 Å². The number of thiazole rings is 1. The molecule has 1 fully saturated rings. The van der Waals surface area contributed by atoms with E-state index in [9.17, 15) is 9.18 Å². The van der Waals surface area contributed by atoms with Gasteiger partial charge in [-0.05, 0) is 56.0 Å². The zero-order valence-electron chi connectivity index (χ0n) is 17.3. The Morgan fingerprint density at radius 1 is 1.16 bits per heavy atom. The minimum atomic E-state index is -0.292. The number of nitrogens with one attached hydrogen (secondary N) is 1. The first-order valence-corrected chi connectivity index (χ1v) is 11.4. The normalized spacial score (nSPS) is 16.7. The first-order chi connectivity index (χ1) is 15.1. The molecule has 0 radical (unpaired) electrons. The summed E-state index contributed by atoms with van der Waals surface area (Å²) < 4.78 is 13.4. The summed E-state index contributed by atoms with van der Waals surface area (Å²) in [5.74, 6) is 0.559. The molecule has 1 saturated heterocycles. The summed E-state index contributed by atoms with van der Waals surface area (Å²) in [6, 6.07) is 14.3. The van der Waals surface area contributed by atoms with Crippen LogP contribution < -0.4 is 0 Å². The van der Waals surface area contributed by atoms with Gasteiger partial charge in [0, 0.05) is 19.0 Å². The fraction of sp³-hybridized carbons (Fsp3) is 0.292. The van der Waals surface area contributed by atoms with Crippen LogP contribution in [0.25, 0.3) is 21.5 Å². The molecule has 1 atom stereocenters. The van der Waals surface area contributed by atoms with Gasteiger partial charge in [-0.15, -0.1) is 11.3 Å². The predicted molar refractivity (Wildman–Crippen MR) is 121 cm³/mol. The van der Waals surface area contributed by atoms with Crippen molar-refractivity contribution in [1.82, 2.24) is 19.9 Å². The van der Waals surface area contributed by atoms with Crippen LogP contribution in [-0.4, -0.2) is 38.3 Å². The Hall–Kier alpha value is -3.06. The first-order valence-electron chi connectivity index (χ1n) is 10.6. The van der Waals surface area contributed by atoms with Gasteiger partial charge in [-0.1, -0.05) is 24.3 Å². The molecular formula is C24H23FN4OS. The Bertz CT molecular complexity index is 1200. The van der Waals surface area contributed by atoms with Crippen molar-refractivity contribution in [3.05, 3.63) is 70.9 Å². The topological polar surface area (TPSA) is 61.9 Å². The lowest BCUT2D eigenvalue weighted by atomic mass is 9.98. The summed E-state index contributed by atoms with van der Waals surface area (Å²) in [6.45, 7) is 2.61. The zero-order valence-corrected chi connectivity index (χ0v) is 18.1. The monoisotopic (exact) mass is 434 g/mol. The summed E-state index contributed by atoms with van der Waals surface area (Å²) in [7, 11) is 0. The number of carbonyl (C=O) groups is 1. The number of halogens is 1. The number of benzene rings is 2. The number of nitrogens with zero attached hydrogens (tertiary/aromatic N) is 3. The average molecular weight is 435 g/mol. The molecule has 0 bridgehead atoms. The highest BCUT2D eigenvalue weighted by Gasteiger charge is 2.31. The molecule has 0 saturated carbocycles. The summed E-state index contributed by atoms with van der Waals surface area (Å²) in [6.07, 6.45) is 3.71. The molecule has 0 aliphatic carbocycles. The fourth-order valence-electron chi connectivity index (χ4n) is 4.31. The van der Waals surface area contributed by atoms with Crippen molar-refractivity contribution >= 4 is 28.3 Å². The molecule has 2 aromatic carbocycles. The second-order valence-electron chi connectivity index (χ2n) is 7.97. The molecule has 1 amide bonds. The smallest absolute Gasteiger partial charge is 0.274 e. The molecule has 0 spiro atoms. The summed E-state index contributed by atoms with van der Waals surface area (Å²) in [5.41, 5.74) is 3.24. The number of likely N-dealkylation sites (tertiary alicyclic amines) is 1. The molecule has 1 unspecified atom stereocenters. The molecule has 1 N–H and O–H groups in total. The number of hydrogen-bond donors (Lipinski definition) is 1. The summed E-state index contributed by atoms with van der Waals surface area (Å²) in [4.78, 5) is 29.0. The number of rotatable bonds is 4. The molecule has 1 aliphatic heterocycles. The number of amides is 1. The van der Waals surface area contributed by atoms with Crippen LogP contribution in [0, 0.1) is 12.7 Å². The number of carbonyl (C=O) groups excluding carboxylic acids is 1. The highest BCUT2D eigenvalue weighted by atomic mass is 32.1. The van der Waals surface area contributed by atoms with Crippen LogP contribution in [0.4, 0.5) is 4.39 Å². The van der Waals surface area contributed by atoms with Gasteiger partial charge in [-0.3, -0.25) is 4.79 Å². The number of H-pyrrole nitrogens is 1. The van der Waals surface area contributed by atoms with Crippen LogP contribution in [0.2, 0.25) is 0 Å². The number of aryl methyl sites for hydroxylation is 1. The third kappa shape index (κ3) is 3.97. The first kappa shape index (κ1) is 19.9. The Morgan fingerprint density at radius 3 is 2.77 bits per heavy atom. The number of aromatic nitrogens is 3. The van der Waals surface area contributed by atoms with E-state index in [1.807, 2.05) is 36.1 Å². The third-order valence-corrected chi connectivity index (χ3v) is 6.82. The van der Waals surface area contributed by atoms with E-state index in [1.54, 1.807) is 12.1 Å². The van der Waals surface area contributed by atoms with Crippen LogP contribution in [0.3, 0.4) is 0 Å². The Labute approximate surface area is 184 Å². The number of fused-ring (bicyclic) bond motifs is 1. The van der Waals surface area contributed by atoms with Crippen LogP contribution in [0.15, 0.2) is 48.5 Å².